The molecule has 6 heteroatoms. The van der Waals surface area contributed by atoms with E-state index in [-0.39, 0.29) is 5.69 Å². The molecule has 1 saturated heterocycles. The van der Waals surface area contributed by atoms with E-state index in [4.69, 9.17) is 9.47 Å². The second-order valence-electron chi connectivity index (χ2n) is 5.13. The van der Waals surface area contributed by atoms with E-state index in [1.807, 2.05) is 0 Å². The minimum Gasteiger partial charge on any atom is -0.492 e. The fourth-order valence-corrected chi connectivity index (χ4v) is 2.33. The van der Waals surface area contributed by atoms with E-state index in [9.17, 15) is 10.1 Å². The second-order valence-corrected chi connectivity index (χ2v) is 5.13. The first-order valence-corrected chi connectivity index (χ1v) is 7.45. The van der Waals surface area contributed by atoms with Crippen LogP contribution in [0.5, 0.6) is 5.75 Å². The second kappa shape index (κ2) is 8.59. The summed E-state index contributed by atoms with van der Waals surface area (Å²) in [6, 6.07) is 6.13. The lowest BCUT2D eigenvalue weighted by atomic mass is 10.1. The molecule has 1 fully saturated rings. The van der Waals surface area contributed by atoms with Crippen molar-refractivity contribution in [1.29, 1.82) is 0 Å². The molecule has 0 amide bonds. The van der Waals surface area contributed by atoms with Crippen molar-refractivity contribution in [1.82, 2.24) is 5.32 Å². The predicted octanol–water partition coefficient (Wildman–Crippen LogP) is 2.52. The van der Waals surface area contributed by atoms with Gasteiger partial charge in [0.2, 0.25) is 0 Å². The van der Waals surface area contributed by atoms with Crippen LogP contribution >= 0.6 is 0 Å². The lowest BCUT2D eigenvalue weighted by Crippen LogP contribution is -2.27. The summed E-state index contributed by atoms with van der Waals surface area (Å²) in [5, 5.41) is 13.8. The van der Waals surface area contributed by atoms with E-state index in [0.29, 0.717) is 18.5 Å². The molecule has 1 aliphatic rings. The zero-order valence-corrected chi connectivity index (χ0v) is 12.1. The van der Waals surface area contributed by atoms with Crippen molar-refractivity contribution in [2.75, 3.05) is 26.3 Å². The molecular weight excluding hydrogens is 272 g/mol. The number of rotatable bonds is 8. The first-order valence-electron chi connectivity index (χ1n) is 7.45. The smallest absolute Gasteiger partial charge is 0.269 e. The van der Waals surface area contributed by atoms with Gasteiger partial charge in [-0.05, 0) is 44.4 Å². The zero-order valence-electron chi connectivity index (χ0n) is 12.1. The van der Waals surface area contributed by atoms with Gasteiger partial charge in [-0.15, -0.1) is 0 Å². The standard InChI is InChI=1S/C15H22N2O4/c18-17(19)13-4-6-15(7-5-13)21-12-10-16-9-8-14-3-1-2-11-20-14/h4-7,14,16H,1-3,8-12H2. The Labute approximate surface area is 124 Å². The Hall–Kier alpha value is -1.66. The molecule has 2 rings (SSSR count). The zero-order chi connectivity index (χ0) is 14.9. The summed E-state index contributed by atoms with van der Waals surface area (Å²) in [4.78, 5) is 10.1. The van der Waals surface area contributed by atoms with Gasteiger partial charge >= 0.3 is 0 Å². The summed E-state index contributed by atoms with van der Waals surface area (Å²) in [7, 11) is 0. The third kappa shape index (κ3) is 5.69. The number of ether oxygens (including phenoxy) is 2. The SMILES string of the molecule is O=[N+]([O-])c1ccc(OCCNCCC2CCCCO2)cc1. The van der Waals surface area contributed by atoms with Gasteiger partial charge in [0.1, 0.15) is 12.4 Å². The van der Waals surface area contributed by atoms with Crippen LogP contribution in [0.4, 0.5) is 5.69 Å². The monoisotopic (exact) mass is 294 g/mol. The molecule has 1 aliphatic heterocycles. The lowest BCUT2D eigenvalue weighted by molar-refractivity contribution is -0.384. The topological polar surface area (TPSA) is 73.6 Å². The van der Waals surface area contributed by atoms with E-state index in [0.717, 1.165) is 26.1 Å². The van der Waals surface area contributed by atoms with E-state index >= 15 is 0 Å². The number of hydrogen-bond acceptors (Lipinski definition) is 5. The summed E-state index contributed by atoms with van der Waals surface area (Å²) < 4.78 is 11.2. The number of nitrogens with zero attached hydrogens (tertiary/aromatic N) is 1. The van der Waals surface area contributed by atoms with Crippen molar-refractivity contribution < 1.29 is 14.4 Å². The van der Waals surface area contributed by atoms with E-state index in [1.54, 1.807) is 12.1 Å². The number of nitro groups is 1. The molecular formula is C15H22N2O4. The van der Waals surface area contributed by atoms with Crippen molar-refractivity contribution in [3.8, 4) is 5.75 Å². The molecule has 0 aromatic heterocycles. The molecule has 116 valence electrons. The molecule has 21 heavy (non-hydrogen) atoms. The third-order valence-electron chi connectivity index (χ3n) is 3.51. The molecule has 0 aliphatic carbocycles. The molecule has 0 spiro atoms. The summed E-state index contributed by atoms with van der Waals surface area (Å²) in [6.45, 7) is 3.12. The molecule has 1 aromatic carbocycles. The van der Waals surface area contributed by atoms with Crippen molar-refractivity contribution in [3.05, 3.63) is 34.4 Å². The summed E-state index contributed by atoms with van der Waals surface area (Å²) in [5.41, 5.74) is 0.0768. The number of benzene rings is 1. The molecule has 0 saturated carbocycles. The maximum absolute atomic E-state index is 10.5. The van der Waals surface area contributed by atoms with Crippen LogP contribution in [0.1, 0.15) is 25.7 Å². The Balaban J connectivity index is 1.54. The maximum atomic E-state index is 10.5. The van der Waals surface area contributed by atoms with Crippen LogP contribution in [0.3, 0.4) is 0 Å². The lowest BCUT2D eigenvalue weighted by Gasteiger charge is -2.22. The Morgan fingerprint density at radius 2 is 2.10 bits per heavy atom. The molecule has 0 radical (unpaired) electrons. The number of nitrogens with one attached hydrogen (secondary N) is 1. The van der Waals surface area contributed by atoms with Crippen LogP contribution in [0.15, 0.2) is 24.3 Å². The van der Waals surface area contributed by atoms with Gasteiger partial charge in [-0.3, -0.25) is 10.1 Å². The van der Waals surface area contributed by atoms with Crippen molar-refractivity contribution in [2.24, 2.45) is 0 Å². The largest absolute Gasteiger partial charge is 0.492 e. The van der Waals surface area contributed by atoms with Crippen LogP contribution in [0.2, 0.25) is 0 Å². The minimum atomic E-state index is -0.418. The van der Waals surface area contributed by atoms with Gasteiger partial charge in [0.05, 0.1) is 11.0 Å². The first kappa shape index (κ1) is 15.7. The molecule has 1 N–H and O–H groups in total. The molecule has 1 atom stereocenters. The molecule has 1 heterocycles. The first-order chi connectivity index (χ1) is 10.3. The molecule has 1 aromatic rings. The van der Waals surface area contributed by atoms with E-state index in [1.165, 1.54) is 31.4 Å². The fraction of sp³-hybridized carbons (Fsp3) is 0.600. The van der Waals surface area contributed by atoms with Gasteiger partial charge in [0, 0.05) is 25.3 Å². The van der Waals surface area contributed by atoms with Crippen LogP contribution in [-0.4, -0.2) is 37.3 Å². The van der Waals surface area contributed by atoms with Crippen LogP contribution in [0.25, 0.3) is 0 Å². The van der Waals surface area contributed by atoms with Gasteiger partial charge in [0.15, 0.2) is 0 Å². The van der Waals surface area contributed by atoms with Gasteiger partial charge in [-0.1, -0.05) is 0 Å². The van der Waals surface area contributed by atoms with Crippen molar-refractivity contribution >= 4 is 5.69 Å². The van der Waals surface area contributed by atoms with Crippen LogP contribution in [0, 0.1) is 10.1 Å². The highest BCUT2D eigenvalue weighted by molar-refractivity contribution is 5.35. The van der Waals surface area contributed by atoms with E-state index < -0.39 is 4.92 Å². The van der Waals surface area contributed by atoms with Gasteiger partial charge in [0.25, 0.3) is 5.69 Å². The quantitative estimate of drug-likeness (QED) is 0.453. The highest BCUT2D eigenvalue weighted by Crippen LogP contribution is 2.17. The Morgan fingerprint density at radius 3 is 2.76 bits per heavy atom. The average Bonchev–Trinajstić information content (AvgIpc) is 2.52. The number of non-ortho nitro benzene ring substituents is 1. The number of nitro benzene ring substituents is 1. The number of hydrogen-bond donors (Lipinski definition) is 1. The molecule has 0 bridgehead atoms. The van der Waals surface area contributed by atoms with Gasteiger partial charge in [-0.2, -0.15) is 0 Å². The maximum Gasteiger partial charge on any atom is 0.269 e. The van der Waals surface area contributed by atoms with Crippen LogP contribution < -0.4 is 10.1 Å². The normalized spacial score (nSPS) is 18.4. The van der Waals surface area contributed by atoms with Gasteiger partial charge in [-0.25, -0.2) is 0 Å². The Bertz CT molecular complexity index is 430. The van der Waals surface area contributed by atoms with Gasteiger partial charge < -0.3 is 14.8 Å². The fourth-order valence-electron chi connectivity index (χ4n) is 2.33. The molecule has 1 unspecified atom stereocenters. The highest BCUT2D eigenvalue weighted by atomic mass is 16.6. The average molecular weight is 294 g/mol. The Kier molecular flexibility index (Phi) is 6.43. The predicted molar refractivity (Wildman–Crippen MR) is 79.7 cm³/mol. The molecule has 6 nitrogen and oxygen atoms in total. The van der Waals surface area contributed by atoms with Crippen molar-refractivity contribution in [3.63, 3.8) is 0 Å². The summed E-state index contributed by atoms with van der Waals surface area (Å²) in [6.07, 6.45) is 5.07. The van der Waals surface area contributed by atoms with E-state index in [2.05, 4.69) is 5.32 Å². The highest BCUT2D eigenvalue weighted by Gasteiger charge is 2.12. The summed E-state index contributed by atoms with van der Waals surface area (Å²) >= 11 is 0. The summed E-state index contributed by atoms with van der Waals surface area (Å²) in [5.74, 6) is 0.651. The van der Waals surface area contributed by atoms with Crippen molar-refractivity contribution in [2.45, 2.75) is 31.8 Å². The van der Waals surface area contributed by atoms with Crippen LogP contribution in [-0.2, 0) is 4.74 Å². The minimum absolute atomic E-state index is 0.0768. The Morgan fingerprint density at radius 1 is 1.29 bits per heavy atom. The third-order valence-corrected chi connectivity index (χ3v) is 3.51.